The minimum Gasteiger partial charge on any atom is -0.376 e. The molecule has 1 aromatic carbocycles. The first-order valence-electron chi connectivity index (χ1n) is 8.85. The van der Waals surface area contributed by atoms with Crippen molar-refractivity contribution in [1.82, 2.24) is 9.97 Å². The fourth-order valence-corrected chi connectivity index (χ4v) is 4.01. The van der Waals surface area contributed by atoms with Gasteiger partial charge < -0.3 is 9.64 Å². The van der Waals surface area contributed by atoms with Gasteiger partial charge in [-0.1, -0.05) is 44.2 Å². The number of ether oxygens (including phenoxy) is 1. The van der Waals surface area contributed by atoms with Gasteiger partial charge in [0, 0.05) is 31.0 Å². The van der Waals surface area contributed by atoms with E-state index in [1.165, 1.54) is 11.1 Å². The standard InChI is InChI=1S/C20H25N3O/c1-20(2)9-10-23(12-17(20)15-6-4-3-5-7-15)19-16-13-24-11-8-18(16)21-14-22-19/h3-7,14,17H,8-13H2,1-2H3. The summed E-state index contributed by atoms with van der Waals surface area (Å²) in [6.07, 6.45) is 3.77. The van der Waals surface area contributed by atoms with Gasteiger partial charge in [-0.15, -0.1) is 0 Å². The molecule has 1 unspecified atom stereocenters. The summed E-state index contributed by atoms with van der Waals surface area (Å²) in [7, 11) is 0. The van der Waals surface area contributed by atoms with Gasteiger partial charge in [0.2, 0.25) is 0 Å². The van der Waals surface area contributed by atoms with Crippen molar-refractivity contribution in [3.63, 3.8) is 0 Å². The summed E-state index contributed by atoms with van der Waals surface area (Å²) in [4.78, 5) is 11.5. The molecule has 2 aromatic rings. The van der Waals surface area contributed by atoms with Crippen LogP contribution in [0, 0.1) is 5.41 Å². The van der Waals surface area contributed by atoms with Gasteiger partial charge in [-0.25, -0.2) is 9.97 Å². The van der Waals surface area contributed by atoms with Gasteiger partial charge in [0.25, 0.3) is 0 Å². The van der Waals surface area contributed by atoms with E-state index >= 15 is 0 Å². The highest BCUT2D eigenvalue weighted by Crippen LogP contribution is 2.43. The van der Waals surface area contributed by atoms with Crippen LogP contribution in [0.1, 0.15) is 43.0 Å². The molecule has 0 amide bonds. The Balaban J connectivity index is 1.66. The molecular formula is C20H25N3O. The number of anilines is 1. The lowest BCUT2D eigenvalue weighted by Gasteiger charge is -2.45. The fourth-order valence-electron chi connectivity index (χ4n) is 4.01. The predicted octanol–water partition coefficient (Wildman–Crippen LogP) is 3.57. The molecular weight excluding hydrogens is 298 g/mol. The van der Waals surface area contributed by atoms with E-state index in [2.05, 4.69) is 59.0 Å². The van der Waals surface area contributed by atoms with Crippen LogP contribution in [0.3, 0.4) is 0 Å². The van der Waals surface area contributed by atoms with Gasteiger partial charge in [0.1, 0.15) is 12.1 Å². The van der Waals surface area contributed by atoms with Gasteiger partial charge in [-0.05, 0) is 17.4 Å². The monoisotopic (exact) mass is 323 g/mol. The van der Waals surface area contributed by atoms with Crippen LogP contribution in [0.5, 0.6) is 0 Å². The van der Waals surface area contributed by atoms with Gasteiger partial charge in [0.05, 0.1) is 18.9 Å². The van der Waals surface area contributed by atoms with Crippen LogP contribution in [0.15, 0.2) is 36.7 Å². The summed E-state index contributed by atoms with van der Waals surface area (Å²) in [6, 6.07) is 10.9. The van der Waals surface area contributed by atoms with E-state index < -0.39 is 0 Å². The van der Waals surface area contributed by atoms with E-state index in [-0.39, 0.29) is 0 Å². The number of aromatic nitrogens is 2. The first-order chi connectivity index (χ1) is 11.6. The van der Waals surface area contributed by atoms with Crippen LogP contribution in [-0.4, -0.2) is 29.7 Å². The maximum atomic E-state index is 5.67. The Morgan fingerprint density at radius 2 is 2.00 bits per heavy atom. The van der Waals surface area contributed by atoms with Crippen LogP contribution in [0.4, 0.5) is 5.82 Å². The average Bonchev–Trinajstić information content (AvgIpc) is 2.62. The second-order valence-electron chi connectivity index (χ2n) is 7.57. The second-order valence-corrected chi connectivity index (χ2v) is 7.57. The summed E-state index contributed by atoms with van der Waals surface area (Å²) >= 11 is 0. The van der Waals surface area contributed by atoms with Crippen molar-refractivity contribution in [2.75, 3.05) is 24.6 Å². The molecule has 2 aliphatic heterocycles. The molecule has 3 heterocycles. The summed E-state index contributed by atoms with van der Waals surface area (Å²) in [5.74, 6) is 1.58. The molecule has 0 radical (unpaired) electrons. The number of rotatable bonds is 2. The number of fused-ring (bicyclic) bond motifs is 1. The molecule has 1 fully saturated rings. The SMILES string of the molecule is CC1(C)CCN(c2ncnc3c2COCC3)CC1c1ccccc1. The smallest absolute Gasteiger partial charge is 0.137 e. The van der Waals surface area contributed by atoms with E-state index in [0.717, 1.165) is 44.0 Å². The van der Waals surface area contributed by atoms with Gasteiger partial charge >= 0.3 is 0 Å². The van der Waals surface area contributed by atoms with E-state index in [4.69, 9.17) is 4.74 Å². The Hall–Kier alpha value is -1.94. The van der Waals surface area contributed by atoms with E-state index in [9.17, 15) is 0 Å². The quantitative estimate of drug-likeness (QED) is 0.847. The van der Waals surface area contributed by atoms with E-state index in [0.29, 0.717) is 17.9 Å². The Morgan fingerprint density at radius 3 is 2.83 bits per heavy atom. The molecule has 0 spiro atoms. The lowest BCUT2D eigenvalue weighted by molar-refractivity contribution is 0.109. The molecule has 4 rings (SSSR count). The van der Waals surface area contributed by atoms with Crippen LogP contribution in [-0.2, 0) is 17.8 Å². The van der Waals surface area contributed by atoms with Crippen molar-refractivity contribution in [2.24, 2.45) is 5.41 Å². The summed E-state index contributed by atoms with van der Waals surface area (Å²) in [6.45, 7) is 8.23. The Labute approximate surface area is 143 Å². The first-order valence-corrected chi connectivity index (χ1v) is 8.85. The highest BCUT2D eigenvalue weighted by atomic mass is 16.5. The number of nitrogens with zero attached hydrogens (tertiary/aromatic N) is 3. The Bertz CT molecular complexity index is 714. The zero-order valence-electron chi connectivity index (χ0n) is 14.5. The molecule has 1 atom stereocenters. The molecule has 4 heteroatoms. The van der Waals surface area contributed by atoms with Gasteiger partial charge in [0.15, 0.2) is 0 Å². The van der Waals surface area contributed by atoms with Crippen molar-refractivity contribution in [3.8, 4) is 0 Å². The number of hydrogen-bond donors (Lipinski definition) is 0. The van der Waals surface area contributed by atoms with E-state index in [1.54, 1.807) is 6.33 Å². The molecule has 0 bridgehead atoms. The minimum absolute atomic E-state index is 0.293. The largest absolute Gasteiger partial charge is 0.376 e. The van der Waals surface area contributed by atoms with Gasteiger partial charge in [-0.3, -0.25) is 0 Å². The molecule has 4 nitrogen and oxygen atoms in total. The lowest BCUT2D eigenvalue weighted by Crippen LogP contribution is -2.44. The molecule has 0 aliphatic carbocycles. The molecule has 1 saturated heterocycles. The van der Waals surface area contributed by atoms with Crippen LogP contribution in [0.2, 0.25) is 0 Å². The van der Waals surface area contributed by atoms with Gasteiger partial charge in [-0.2, -0.15) is 0 Å². The van der Waals surface area contributed by atoms with Crippen molar-refractivity contribution in [1.29, 1.82) is 0 Å². The van der Waals surface area contributed by atoms with Crippen molar-refractivity contribution in [2.45, 2.75) is 39.2 Å². The Kier molecular flexibility index (Phi) is 4.01. The zero-order valence-corrected chi connectivity index (χ0v) is 14.5. The molecule has 24 heavy (non-hydrogen) atoms. The first kappa shape index (κ1) is 15.6. The molecule has 126 valence electrons. The third kappa shape index (κ3) is 2.80. The summed E-state index contributed by atoms with van der Waals surface area (Å²) in [5.41, 5.74) is 4.07. The lowest BCUT2D eigenvalue weighted by atomic mass is 9.70. The van der Waals surface area contributed by atoms with Crippen molar-refractivity contribution >= 4 is 5.82 Å². The number of benzene rings is 1. The molecule has 0 saturated carbocycles. The summed E-state index contributed by atoms with van der Waals surface area (Å²) in [5, 5.41) is 0. The topological polar surface area (TPSA) is 38.2 Å². The third-order valence-corrected chi connectivity index (χ3v) is 5.62. The Morgan fingerprint density at radius 1 is 1.17 bits per heavy atom. The van der Waals surface area contributed by atoms with Crippen molar-refractivity contribution < 1.29 is 4.74 Å². The van der Waals surface area contributed by atoms with Crippen LogP contribution < -0.4 is 4.90 Å². The number of hydrogen-bond acceptors (Lipinski definition) is 4. The maximum Gasteiger partial charge on any atom is 0.137 e. The zero-order chi connectivity index (χ0) is 16.6. The second kappa shape index (κ2) is 6.17. The third-order valence-electron chi connectivity index (χ3n) is 5.62. The van der Waals surface area contributed by atoms with E-state index in [1.807, 2.05) is 0 Å². The average molecular weight is 323 g/mol. The normalized spacial score (nSPS) is 22.9. The number of piperidine rings is 1. The molecule has 0 N–H and O–H groups in total. The highest BCUT2D eigenvalue weighted by molar-refractivity contribution is 5.50. The van der Waals surface area contributed by atoms with Crippen LogP contribution in [0.25, 0.3) is 0 Å². The van der Waals surface area contributed by atoms with Crippen molar-refractivity contribution in [3.05, 3.63) is 53.5 Å². The predicted molar refractivity (Wildman–Crippen MR) is 95.2 cm³/mol. The molecule has 2 aliphatic rings. The summed E-state index contributed by atoms with van der Waals surface area (Å²) < 4.78 is 5.67. The highest BCUT2D eigenvalue weighted by Gasteiger charge is 2.37. The fraction of sp³-hybridized carbons (Fsp3) is 0.500. The molecule has 1 aromatic heterocycles. The maximum absolute atomic E-state index is 5.67. The van der Waals surface area contributed by atoms with Crippen LogP contribution >= 0.6 is 0 Å². The minimum atomic E-state index is 0.293.